The number of halogens is 7. The number of rotatable bonds is 3. The molecule has 0 saturated heterocycles. The van der Waals surface area contributed by atoms with Crippen LogP contribution in [0.1, 0.15) is 118 Å². The summed E-state index contributed by atoms with van der Waals surface area (Å²) in [6.45, 7) is 1.73. The van der Waals surface area contributed by atoms with Gasteiger partial charge in [0.25, 0.3) is 0 Å². The van der Waals surface area contributed by atoms with Crippen molar-refractivity contribution < 1.29 is 30.7 Å². The molecule has 0 radical (unpaired) electrons. The van der Waals surface area contributed by atoms with E-state index in [1.807, 2.05) is 6.19 Å². The van der Waals surface area contributed by atoms with E-state index in [9.17, 15) is 41.4 Å². The molecule has 1 aromatic heterocycles. The first-order chi connectivity index (χ1) is 21.8. The summed E-state index contributed by atoms with van der Waals surface area (Å²) in [7, 11) is 0. The Bertz CT molecular complexity index is 1810. The van der Waals surface area contributed by atoms with Gasteiger partial charge in [-0.25, -0.2) is 4.39 Å². The summed E-state index contributed by atoms with van der Waals surface area (Å²) in [5.74, 6) is -1.41. The third kappa shape index (κ3) is 4.90. The lowest BCUT2D eigenvalue weighted by Crippen LogP contribution is -2.25. The minimum atomic E-state index is -4.77. The van der Waals surface area contributed by atoms with Gasteiger partial charge in [-0.2, -0.15) is 36.6 Å². The Morgan fingerprint density at radius 2 is 1.37 bits per heavy atom. The van der Waals surface area contributed by atoms with Crippen molar-refractivity contribution in [2.24, 2.45) is 16.8 Å². The summed E-state index contributed by atoms with van der Waals surface area (Å²) in [4.78, 5) is 6.07. The molecule has 4 aliphatic carbocycles. The predicted octanol–water partition coefficient (Wildman–Crippen LogP) is 10.5. The average molecular weight is 658 g/mol. The molecule has 1 N–H and O–H groups in total. The monoisotopic (exact) mass is 657 g/mol. The van der Waals surface area contributed by atoms with E-state index in [-0.39, 0.29) is 47.5 Å². The van der Waals surface area contributed by atoms with Crippen LogP contribution in [0.4, 0.5) is 30.7 Å². The van der Waals surface area contributed by atoms with Crippen molar-refractivity contribution in [1.82, 2.24) is 0 Å². The van der Waals surface area contributed by atoms with Gasteiger partial charge in [0.05, 0.1) is 32.3 Å². The fraction of sp³-hybridized carbons (Fsp3) is 0.457. The number of hydrogen-bond acceptors (Lipinski definition) is 4. The Hall–Kier alpha value is -3.52. The minimum absolute atomic E-state index is 0.0421. The van der Waals surface area contributed by atoms with Crippen LogP contribution in [0.2, 0.25) is 0 Å². The number of fused-ring (bicyclic) bond motifs is 7. The second-order valence-electron chi connectivity index (χ2n) is 13.0. The minimum Gasteiger partial charge on any atom is -0.304 e. The fourth-order valence-corrected chi connectivity index (χ4v) is 10.3. The van der Waals surface area contributed by atoms with Crippen LogP contribution < -0.4 is 0 Å². The van der Waals surface area contributed by atoms with E-state index in [1.165, 1.54) is 23.5 Å². The first kappa shape index (κ1) is 31.1. The second-order valence-corrected chi connectivity index (χ2v) is 14.1. The number of nitriles is 1. The standard InChI is InChI=1S/C35H30F7N3S/c1-2-16-11-17(5-9-25(16)34(37,38)39)18-3-7-21-23(12-18)30(44)32-28(21)29-22-8-4-19(13-24(22)31(45-15-43)33(29)46-32)20-6-10-26(27(36)14-20)35(40,41)42/h5-6,9-11,14,18-19,21-24,44H,2-4,7-8,12-13H2,1H3. The van der Waals surface area contributed by atoms with Gasteiger partial charge in [-0.1, -0.05) is 25.1 Å². The Kier molecular flexibility index (Phi) is 7.46. The van der Waals surface area contributed by atoms with Crippen molar-refractivity contribution in [3.63, 3.8) is 0 Å². The Balaban J connectivity index is 1.16. The molecule has 1 heterocycles. The van der Waals surface area contributed by atoms with Gasteiger partial charge < -0.3 is 5.41 Å². The van der Waals surface area contributed by atoms with Crippen LogP contribution in [-0.4, -0.2) is 11.4 Å². The second kappa shape index (κ2) is 11.0. The summed E-state index contributed by atoms with van der Waals surface area (Å²) < 4.78 is 94.5. The van der Waals surface area contributed by atoms with E-state index >= 15 is 0 Å². The van der Waals surface area contributed by atoms with Crippen molar-refractivity contribution >= 4 is 22.8 Å². The highest BCUT2D eigenvalue weighted by Crippen LogP contribution is 2.61. The van der Waals surface area contributed by atoms with E-state index < -0.39 is 29.3 Å². The maximum atomic E-state index is 14.5. The van der Waals surface area contributed by atoms with Crippen LogP contribution in [-0.2, 0) is 18.8 Å². The summed E-state index contributed by atoms with van der Waals surface area (Å²) in [5.41, 5.74) is 3.32. The quantitative estimate of drug-likeness (QED) is 0.221. The zero-order chi connectivity index (χ0) is 32.7. The first-order valence-electron chi connectivity index (χ1n) is 15.6. The van der Waals surface area contributed by atoms with Crippen LogP contribution in [0, 0.1) is 34.5 Å². The van der Waals surface area contributed by atoms with Crippen LogP contribution >= 0.6 is 11.3 Å². The molecule has 7 rings (SSSR count). The molecule has 3 aromatic rings. The Morgan fingerprint density at radius 1 is 0.804 bits per heavy atom. The van der Waals surface area contributed by atoms with Crippen LogP contribution in [0.3, 0.4) is 0 Å². The van der Waals surface area contributed by atoms with Crippen molar-refractivity contribution in [2.75, 3.05) is 0 Å². The number of aliphatic imine (C=N–C) groups is 1. The van der Waals surface area contributed by atoms with E-state index in [4.69, 9.17) is 0 Å². The van der Waals surface area contributed by atoms with Gasteiger partial charge in [-0.3, -0.25) is 0 Å². The van der Waals surface area contributed by atoms with Gasteiger partial charge in [-0.15, -0.1) is 11.3 Å². The highest BCUT2D eigenvalue weighted by molar-refractivity contribution is 7.16. The van der Waals surface area contributed by atoms with Gasteiger partial charge in [0, 0.05) is 11.8 Å². The molecule has 46 heavy (non-hydrogen) atoms. The molecule has 6 unspecified atom stereocenters. The van der Waals surface area contributed by atoms with Gasteiger partial charge in [0.2, 0.25) is 6.19 Å². The fourth-order valence-electron chi connectivity index (χ4n) is 8.82. The summed E-state index contributed by atoms with van der Waals surface area (Å²) in [6.07, 6.45) is -2.79. The normalized spacial score (nSPS) is 28.1. The van der Waals surface area contributed by atoms with Gasteiger partial charge in [0.1, 0.15) is 5.82 Å². The van der Waals surface area contributed by atoms with Gasteiger partial charge >= 0.3 is 12.4 Å². The molecule has 2 aromatic carbocycles. The molecule has 4 aliphatic rings. The maximum Gasteiger partial charge on any atom is 0.419 e. The lowest BCUT2D eigenvalue weighted by molar-refractivity contribution is -0.140. The van der Waals surface area contributed by atoms with E-state index in [1.54, 1.807) is 19.1 Å². The number of alkyl halides is 6. The molecule has 3 nitrogen and oxygen atoms in total. The number of aryl methyl sites for hydroxylation is 1. The smallest absolute Gasteiger partial charge is 0.304 e. The van der Waals surface area contributed by atoms with Crippen molar-refractivity contribution in [3.8, 4) is 6.19 Å². The third-order valence-corrected chi connectivity index (χ3v) is 12.1. The molecule has 240 valence electrons. The molecule has 0 bridgehead atoms. The summed E-state index contributed by atoms with van der Waals surface area (Å²) in [6, 6.07) is 7.61. The molecule has 0 aliphatic heterocycles. The molecule has 6 atom stereocenters. The number of nitrogens with one attached hydrogen (secondary N) is 1. The summed E-state index contributed by atoms with van der Waals surface area (Å²) in [5, 5.41) is 18.8. The van der Waals surface area contributed by atoms with Crippen LogP contribution in [0.5, 0.6) is 0 Å². The molecule has 0 amide bonds. The lowest BCUT2D eigenvalue weighted by atomic mass is 9.68. The molecule has 2 saturated carbocycles. The van der Waals surface area contributed by atoms with Crippen molar-refractivity contribution in [1.29, 1.82) is 10.7 Å². The maximum absolute atomic E-state index is 14.5. The molecular formula is C35H30F7N3S. The van der Waals surface area contributed by atoms with E-state index in [0.717, 1.165) is 51.4 Å². The Morgan fingerprint density at radius 3 is 1.96 bits per heavy atom. The van der Waals surface area contributed by atoms with Crippen LogP contribution in [0.25, 0.3) is 0 Å². The number of nitrogens with zero attached hydrogens (tertiary/aromatic N) is 2. The van der Waals surface area contributed by atoms with E-state index in [2.05, 4.69) is 4.99 Å². The zero-order valence-electron chi connectivity index (χ0n) is 24.8. The third-order valence-electron chi connectivity index (χ3n) is 10.9. The predicted molar refractivity (Wildman–Crippen MR) is 161 cm³/mol. The topological polar surface area (TPSA) is 60.0 Å². The van der Waals surface area contributed by atoms with E-state index in [0.29, 0.717) is 42.7 Å². The Labute approximate surface area is 265 Å². The number of thiophene rings is 1. The lowest BCUT2D eigenvalue weighted by Gasteiger charge is -2.35. The first-order valence-corrected chi connectivity index (χ1v) is 16.4. The zero-order valence-corrected chi connectivity index (χ0v) is 25.6. The van der Waals surface area contributed by atoms with Crippen molar-refractivity contribution in [2.45, 2.75) is 87.9 Å². The number of benzene rings is 2. The van der Waals surface area contributed by atoms with Gasteiger partial charge in [-0.05, 0) is 115 Å². The number of hydrogen-bond donors (Lipinski definition) is 1. The van der Waals surface area contributed by atoms with Crippen LogP contribution in [0.15, 0.2) is 41.4 Å². The summed E-state index contributed by atoms with van der Waals surface area (Å²) >= 11 is 1.49. The molecular weight excluding hydrogens is 627 g/mol. The molecule has 0 spiro atoms. The van der Waals surface area contributed by atoms with Crippen molar-refractivity contribution in [3.05, 3.63) is 90.9 Å². The SMILES string of the molecule is CCc1cc(C2CCC3c4c(sc5c4C4CCC(c6ccc(C(F)(F)F)c(F)c6)CC4C5=NC#N)C(=N)C3C2)ccc1C(F)(F)F. The largest absolute Gasteiger partial charge is 0.419 e. The highest BCUT2D eigenvalue weighted by Gasteiger charge is 2.52. The average Bonchev–Trinajstić information content (AvgIpc) is 3.62. The highest BCUT2D eigenvalue weighted by atomic mass is 32.1. The molecule has 2 fully saturated rings. The van der Waals surface area contributed by atoms with Gasteiger partial charge in [0.15, 0.2) is 0 Å². The molecule has 11 heteroatoms.